The highest BCUT2D eigenvalue weighted by atomic mass is 35.5. The Labute approximate surface area is 268 Å². The highest BCUT2D eigenvalue weighted by molar-refractivity contribution is 6.42. The van der Waals surface area contributed by atoms with E-state index in [0.717, 1.165) is 11.0 Å². The van der Waals surface area contributed by atoms with E-state index in [1.165, 1.54) is 18.2 Å². The number of nitrogens with one attached hydrogen (secondary N) is 2. The monoisotopic (exact) mass is 662 g/mol. The van der Waals surface area contributed by atoms with Crippen LogP contribution in [0.1, 0.15) is 22.8 Å². The predicted molar refractivity (Wildman–Crippen MR) is 172 cm³/mol. The van der Waals surface area contributed by atoms with Crippen molar-refractivity contribution in [3.8, 4) is 28.4 Å². The van der Waals surface area contributed by atoms with E-state index >= 15 is 0 Å². The molecule has 2 N–H and O–H groups in total. The van der Waals surface area contributed by atoms with Gasteiger partial charge in [0.2, 0.25) is 0 Å². The minimum absolute atomic E-state index is 0.189. The van der Waals surface area contributed by atoms with Crippen LogP contribution in [0.25, 0.3) is 57.5 Å². The van der Waals surface area contributed by atoms with Crippen LogP contribution >= 0.6 is 23.2 Å². The minimum Gasteiger partial charge on any atom is -0.451 e. The number of H-pyrrole nitrogens is 2. The van der Waals surface area contributed by atoms with Gasteiger partial charge in [0.25, 0.3) is 0 Å². The Bertz CT molecular complexity index is 2230. The topological polar surface area (TPSA) is 75.8 Å². The number of hydrogen-bond donors (Lipinski definition) is 2. The quantitative estimate of drug-likeness (QED) is 0.174. The molecule has 0 saturated carbocycles. The molecule has 0 fully saturated rings. The van der Waals surface area contributed by atoms with Gasteiger partial charge in [-0.15, -0.1) is 0 Å². The standard InChI is InChI=1S/C34H20Cl2F4N4O2/c35-26-5-2-6-30(31(26)36)45-32-27-12-11-22(43-27)15-21-8-7-19(41-21)14-20-9-10-23(42-20)16-28-25(17-29(32)44-28)18-3-1-4-24(13-18)46-34(39,40)33(37)38/h1-17,33,41,44H. The van der Waals surface area contributed by atoms with Gasteiger partial charge < -0.3 is 19.4 Å². The third kappa shape index (κ3) is 5.96. The normalized spacial score (nSPS) is 12.6. The van der Waals surface area contributed by atoms with Crippen molar-refractivity contribution in [3.05, 3.63) is 112 Å². The van der Waals surface area contributed by atoms with Gasteiger partial charge in [-0.05, 0) is 90.5 Å². The Morgan fingerprint density at radius 3 is 2.17 bits per heavy atom. The number of aromatic nitrogens is 4. The highest BCUT2D eigenvalue weighted by Crippen LogP contribution is 2.40. The number of benzene rings is 2. The lowest BCUT2D eigenvalue weighted by Crippen LogP contribution is -2.33. The fraction of sp³-hybridized carbons (Fsp3) is 0.0588. The van der Waals surface area contributed by atoms with Crippen LogP contribution in [0.5, 0.6) is 17.2 Å². The van der Waals surface area contributed by atoms with Crippen LogP contribution in [0.3, 0.4) is 0 Å². The Hall–Kier alpha value is -5.06. The molecule has 0 amide bonds. The Morgan fingerprint density at radius 1 is 0.717 bits per heavy atom. The fourth-order valence-corrected chi connectivity index (χ4v) is 5.33. The SMILES string of the molecule is FC(F)C(F)(F)Oc1cccc(-c2cc3[nH]c2cc2nc(cc4ccc(cc5nc(c3Oc3cccc(Cl)c3Cl)C=C5)[nH]4)C=C2)c1. The van der Waals surface area contributed by atoms with Crippen molar-refractivity contribution in [2.45, 2.75) is 12.5 Å². The van der Waals surface area contributed by atoms with Gasteiger partial charge in [-0.25, -0.2) is 9.97 Å². The van der Waals surface area contributed by atoms with Crippen LogP contribution in [0, 0.1) is 0 Å². The summed E-state index contributed by atoms with van der Waals surface area (Å²) in [5.41, 5.74) is 5.93. The molecule has 0 saturated heterocycles. The van der Waals surface area contributed by atoms with Crippen molar-refractivity contribution in [1.29, 1.82) is 0 Å². The van der Waals surface area contributed by atoms with E-state index in [4.69, 9.17) is 37.9 Å². The number of rotatable bonds is 6. The summed E-state index contributed by atoms with van der Waals surface area (Å²) in [6.07, 6.45) is -1.39. The minimum atomic E-state index is -4.67. The van der Waals surface area contributed by atoms with Crippen LogP contribution < -0.4 is 9.47 Å². The van der Waals surface area contributed by atoms with E-state index in [-0.39, 0.29) is 21.5 Å². The van der Waals surface area contributed by atoms with E-state index in [0.29, 0.717) is 44.9 Å². The maximum absolute atomic E-state index is 13.8. The first-order chi connectivity index (χ1) is 22.1. The van der Waals surface area contributed by atoms with Gasteiger partial charge in [-0.1, -0.05) is 41.4 Å². The van der Waals surface area contributed by atoms with Crippen LogP contribution in [-0.2, 0) is 0 Å². The molecule has 12 heteroatoms. The number of alkyl halides is 4. The van der Waals surface area contributed by atoms with Crippen molar-refractivity contribution >= 4 is 69.6 Å². The Kier molecular flexibility index (Phi) is 7.54. The second kappa shape index (κ2) is 11.7. The van der Waals surface area contributed by atoms with Crippen molar-refractivity contribution in [3.63, 3.8) is 0 Å². The van der Waals surface area contributed by atoms with Crippen molar-refractivity contribution in [1.82, 2.24) is 19.9 Å². The molecule has 5 aromatic rings. The summed E-state index contributed by atoms with van der Waals surface area (Å²) in [6.45, 7) is 0. The lowest BCUT2D eigenvalue weighted by molar-refractivity contribution is -0.253. The molecule has 0 unspecified atom stereocenters. The number of hydrogen-bond acceptors (Lipinski definition) is 4. The highest BCUT2D eigenvalue weighted by Gasteiger charge is 2.44. The molecular weight excluding hydrogens is 643 g/mol. The van der Waals surface area contributed by atoms with Gasteiger partial charge in [0.15, 0.2) is 5.75 Å². The molecule has 2 aromatic carbocycles. The molecule has 8 bridgehead atoms. The second-order valence-corrected chi connectivity index (χ2v) is 11.1. The molecule has 0 radical (unpaired) electrons. The first kappa shape index (κ1) is 29.6. The average molecular weight is 663 g/mol. The molecule has 0 aliphatic carbocycles. The molecule has 0 atom stereocenters. The summed E-state index contributed by atoms with van der Waals surface area (Å²) in [6, 6.07) is 21.6. The number of halogens is 6. The zero-order valence-electron chi connectivity index (χ0n) is 23.4. The van der Waals surface area contributed by atoms with E-state index in [1.54, 1.807) is 42.5 Å². The smallest absolute Gasteiger partial charge is 0.451 e. The van der Waals surface area contributed by atoms with Crippen LogP contribution in [0.15, 0.2) is 78.9 Å². The Balaban J connectivity index is 1.51. The summed E-state index contributed by atoms with van der Waals surface area (Å²) < 4.78 is 64.2. The second-order valence-electron chi connectivity index (χ2n) is 10.3. The average Bonchev–Trinajstić information content (AvgIpc) is 3.83. The van der Waals surface area contributed by atoms with Gasteiger partial charge in [0.1, 0.15) is 22.2 Å². The summed E-state index contributed by atoms with van der Waals surface area (Å²) in [5, 5.41) is 0.475. The molecular formula is C34H20Cl2F4N4O2. The maximum atomic E-state index is 13.8. The van der Waals surface area contributed by atoms with Gasteiger partial charge in [0.05, 0.1) is 27.6 Å². The van der Waals surface area contributed by atoms with E-state index in [1.807, 2.05) is 42.5 Å². The van der Waals surface area contributed by atoms with Crippen LogP contribution in [-0.4, -0.2) is 32.5 Å². The molecule has 7 rings (SSSR count). The molecule has 0 spiro atoms. The molecule has 230 valence electrons. The molecule has 2 aliphatic heterocycles. The molecule has 46 heavy (non-hydrogen) atoms. The van der Waals surface area contributed by atoms with E-state index in [2.05, 4.69) is 14.7 Å². The third-order valence-corrected chi connectivity index (χ3v) is 7.88. The lowest BCUT2D eigenvalue weighted by Gasteiger charge is -2.17. The summed E-state index contributed by atoms with van der Waals surface area (Å²) in [5.74, 6) is 0.114. The summed E-state index contributed by atoms with van der Waals surface area (Å²) in [4.78, 5) is 16.1. The molecule has 3 aromatic heterocycles. The third-order valence-electron chi connectivity index (χ3n) is 7.08. The predicted octanol–water partition coefficient (Wildman–Crippen LogP) is 10.7. The number of fused-ring (bicyclic) bond motifs is 8. The van der Waals surface area contributed by atoms with E-state index in [9.17, 15) is 17.6 Å². The van der Waals surface area contributed by atoms with Gasteiger partial charge in [0, 0.05) is 22.1 Å². The summed E-state index contributed by atoms with van der Waals surface area (Å²) >= 11 is 12.8. The van der Waals surface area contributed by atoms with E-state index < -0.39 is 18.3 Å². The zero-order chi connectivity index (χ0) is 32.0. The fourth-order valence-electron chi connectivity index (χ4n) is 5.00. The number of ether oxygens (including phenoxy) is 2. The molecule has 6 nitrogen and oxygen atoms in total. The first-order valence-corrected chi connectivity index (χ1v) is 14.6. The van der Waals surface area contributed by atoms with Crippen LogP contribution in [0.2, 0.25) is 10.0 Å². The lowest BCUT2D eigenvalue weighted by atomic mass is 10.1. The maximum Gasteiger partial charge on any atom is 0.461 e. The van der Waals surface area contributed by atoms with Crippen molar-refractivity contribution in [2.24, 2.45) is 0 Å². The van der Waals surface area contributed by atoms with Crippen molar-refractivity contribution < 1.29 is 27.0 Å². The number of nitrogens with zero attached hydrogens (tertiary/aromatic N) is 2. The number of aromatic amines is 2. The van der Waals surface area contributed by atoms with Crippen molar-refractivity contribution in [2.75, 3.05) is 0 Å². The van der Waals surface area contributed by atoms with Gasteiger partial charge in [-0.3, -0.25) is 0 Å². The Morgan fingerprint density at radius 2 is 1.41 bits per heavy atom. The van der Waals surface area contributed by atoms with Gasteiger partial charge in [-0.2, -0.15) is 17.6 Å². The largest absolute Gasteiger partial charge is 0.461 e. The molecule has 2 aliphatic rings. The van der Waals surface area contributed by atoms with Gasteiger partial charge >= 0.3 is 12.5 Å². The zero-order valence-corrected chi connectivity index (χ0v) is 24.9. The summed E-state index contributed by atoms with van der Waals surface area (Å²) in [7, 11) is 0. The molecule has 5 heterocycles. The first-order valence-electron chi connectivity index (χ1n) is 13.8. The van der Waals surface area contributed by atoms with Crippen LogP contribution in [0.4, 0.5) is 17.6 Å².